The van der Waals surface area contributed by atoms with Gasteiger partial charge >= 0.3 is 23.9 Å². The lowest BCUT2D eigenvalue weighted by atomic mass is 9.94. The van der Waals surface area contributed by atoms with E-state index in [1.54, 1.807) is 24.3 Å². The normalized spacial score (nSPS) is 29.7. The molecule has 0 saturated carbocycles. The minimum Gasteiger partial charge on any atom is -0.497 e. The lowest BCUT2D eigenvalue weighted by molar-refractivity contribution is -0.385. The van der Waals surface area contributed by atoms with Gasteiger partial charge in [-0.15, -0.1) is 0 Å². The van der Waals surface area contributed by atoms with Crippen LogP contribution in [0.4, 0.5) is 5.69 Å². The van der Waals surface area contributed by atoms with Crippen LogP contribution in [0.15, 0.2) is 48.5 Å². The molecule has 3 aliphatic rings. The molecule has 1 amide bonds. The molecule has 0 radical (unpaired) electrons. The van der Waals surface area contributed by atoms with Gasteiger partial charge in [0, 0.05) is 52.3 Å². The summed E-state index contributed by atoms with van der Waals surface area (Å²) < 4.78 is 65.0. The average Bonchev–Trinajstić information content (AvgIpc) is 3.13. The van der Waals surface area contributed by atoms with E-state index in [4.69, 9.17) is 52.1 Å². The number of amides is 1. The Hall–Kier alpha value is -5.41. The minimum absolute atomic E-state index is 0.104. The van der Waals surface area contributed by atoms with E-state index in [0.717, 1.165) is 27.7 Å². The fourth-order valence-electron chi connectivity index (χ4n) is 6.39. The fraction of sp³-hybridized carbons (Fsp3) is 0.528. The Balaban J connectivity index is 1.58. The highest BCUT2D eigenvalue weighted by Crippen LogP contribution is 2.39. The largest absolute Gasteiger partial charge is 0.497 e. The van der Waals surface area contributed by atoms with Crippen LogP contribution < -0.4 is 14.8 Å². The number of carbonyl (C=O) groups is 5. The second-order valence-electron chi connectivity index (χ2n) is 12.8. The Morgan fingerprint density at radius 2 is 1.36 bits per heavy atom. The van der Waals surface area contributed by atoms with Crippen molar-refractivity contribution in [2.75, 3.05) is 20.3 Å². The Labute approximate surface area is 319 Å². The van der Waals surface area contributed by atoms with Crippen molar-refractivity contribution in [2.24, 2.45) is 0 Å². The SMILES string of the molecule is COc1ccc(C2OCC3O[C@@H](Oc4ccc([N+](=O)[O-])cc4)C(NC(C)=O)C(O[C@@H]4OC(COC(C)=O)[C@H](OC(C)=O)C(OC(C)=O)C4OC(C)=O)[C@H]3O2)cc1. The first-order chi connectivity index (χ1) is 26.6. The first-order valence-electron chi connectivity index (χ1n) is 17.3. The molecule has 0 spiro atoms. The molecule has 3 fully saturated rings. The van der Waals surface area contributed by atoms with Gasteiger partial charge in [0.05, 0.1) is 18.6 Å². The van der Waals surface area contributed by atoms with E-state index in [0.29, 0.717) is 11.3 Å². The number of fused-ring (bicyclic) bond motifs is 1. The third-order valence-corrected chi connectivity index (χ3v) is 8.64. The summed E-state index contributed by atoms with van der Waals surface area (Å²) in [6, 6.07) is 10.7. The molecule has 7 unspecified atom stereocenters. The molecule has 0 aromatic heterocycles. The summed E-state index contributed by atoms with van der Waals surface area (Å²) in [5.41, 5.74) is 0.375. The molecule has 5 rings (SSSR count). The van der Waals surface area contributed by atoms with E-state index in [-0.39, 0.29) is 18.0 Å². The van der Waals surface area contributed by atoms with E-state index >= 15 is 0 Å². The molecule has 3 saturated heterocycles. The molecule has 56 heavy (non-hydrogen) atoms. The van der Waals surface area contributed by atoms with Gasteiger partial charge in [-0.2, -0.15) is 0 Å². The van der Waals surface area contributed by atoms with Crippen molar-refractivity contribution < 1.29 is 81.0 Å². The van der Waals surface area contributed by atoms with Crippen molar-refractivity contribution in [1.82, 2.24) is 5.32 Å². The Morgan fingerprint density at radius 3 is 1.93 bits per heavy atom. The third-order valence-electron chi connectivity index (χ3n) is 8.64. The smallest absolute Gasteiger partial charge is 0.303 e. The highest BCUT2D eigenvalue weighted by atomic mass is 16.8. The summed E-state index contributed by atoms with van der Waals surface area (Å²) in [7, 11) is 1.51. The topological polar surface area (TPSA) is 242 Å². The van der Waals surface area contributed by atoms with Crippen molar-refractivity contribution >= 4 is 35.5 Å². The van der Waals surface area contributed by atoms with Gasteiger partial charge in [-0.25, -0.2) is 0 Å². The maximum atomic E-state index is 12.8. The average molecular weight is 791 g/mol. The van der Waals surface area contributed by atoms with E-state index < -0.39 is 109 Å². The fourth-order valence-corrected chi connectivity index (χ4v) is 6.39. The standard InChI is InChI=1S/C36H42N2O18/c1-17(39)37-28-31(56-36-33(51-21(5)43)32(50-20(4)42)30(49-19(3)41)26(54-36)15-47-18(2)40)29-27(16-48-34(55-29)22-7-11-24(46-6)12-8-22)53-35(28)52-25-13-9-23(10-14-25)38(44)45/h7-14,26-36H,15-16H2,1-6H3,(H,37,39)/t26?,27?,28?,29-,30-,31?,32?,33?,34?,35+,36-/m0/s1. The number of rotatable bonds is 13. The molecule has 3 heterocycles. The van der Waals surface area contributed by atoms with E-state index in [1.807, 2.05) is 0 Å². The molecule has 20 nitrogen and oxygen atoms in total. The number of non-ortho nitro benzene ring substituents is 1. The molecule has 20 heteroatoms. The number of hydrogen-bond acceptors (Lipinski definition) is 18. The number of nitro groups is 1. The summed E-state index contributed by atoms with van der Waals surface area (Å²) >= 11 is 0. The number of ether oxygens (including phenoxy) is 11. The van der Waals surface area contributed by atoms with Gasteiger partial charge in [0.1, 0.15) is 48.6 Å². The Bertz CT molecular complexity index is 1740. The lowest BCUT2D eigenvalue weighted by Gasteiger charge is -2.51. The van der Waals surface area contributed by atoms with Crippen molar-refractivity contribution in [1.29, 1.82) is 0 Å². The number of benzene rings is 2. The molecular weight excluding hydrogens is 748 g/mol. The van der Waals surface area contributed by atoms with Crippen molar-refractivity contribution in [2.45, 2.75) is 102 Å². The first kappa shape index (κ1) is 41.7. The molecular formula is C36H42N2O18. The molecule has 0 bridgehead atoms. The van der Waals surface area contributed by atoms with Crippen LogP contribution in [0.3, 0.4) is 0 Å². The maximum absolute atomic E-state index is 12.8. The number of nitro benzene ring substituents is 1. The molecule has 2 aromatic rings. The molecule has 304 valence electrons. The van der Waals surface area contributed by atoms with E-state index in [2.05, 4.69) is 5.32 Å². The molecule has 11 atom stereocenters. The zero-order chi connectivity index (χ0) is 40.7. The quantitative estimate of drug-likeness (QED) is 0.132. The van der Waals surface area contributed by atoms with Crippen molar-refractivity contribution in [3.05, 3.63) is 64.2 Å². The van der Waals surface area contributed by atoms with Gasteiger partial charge in [0.2, 0.25) is 12.2 Å². The predicted octanol–water partition coefficient (Wildman–Crippen LogP) is 1.79. The summed E-state index contributed by atoms with van der Waals surface area (Å²) in [6.45, 7) is 4.97. The van der Waals surface area contributed by atoms with Gasteiger partial charge in [-0.05, 0) is 24.3 Å². The van der Waals surface area contributed by atoms with Crippen LogP contribution in [0.2, 0.25) is 0 Å². The van der Waals surface area contributed by atoms with Crippen LogP contribution in [0.25, 0.3) is 0 Å². The number of hydrogen-bond donors (Lipinski definition) is 1. The summed E-state index contributed by atoms with van der Waals surface area (Å²) in [5, 5.41) is 14.1. The lowest BCUT2D eigenvalue weighted by Crippen LogP contribution is -2.70. The molecule has 2 aromatic carbocycles. The van der Waals surface area contributed by atoms with Gasteiger partial charge in [0.15, 0.2) is 30.9 Å². The highest BCUT2D eigenvalue weighted by molar-refractivity contribution is 5.73. The van der Waals surface area contributed by atoms with Gasteiger partial charge in [0.25, 0.3) is 5.69 Å². The maximum Gasteiger partial charge on any atom is 0.303 e. The summed E-state index contributed by atoms with van der Waals surface area (Å²) in [6.07, 6.45) is -13.5. The Morgan fingerprint density at radius 1 is 0.750 bits per heavy atom. The second kappa shape index (κ2) is 18.5. The van der Waals surface area contributed by atoms with Gasteiger partial charge < -0.3 is 57.4 Å². The third kappa shape index (κ3) is 10.5. The zero-order valence-electron chi connectivity index (χ0n) is 31.2. The van der Waals surface area contributed by atoms with Crippen LogP contribution in [-0.2, 0) is 66.6 Å². The number of nitrogens with zero attached hydrogens (tertiary/aromatic N) is 1. The second-order valence-corrected chi connectivity index (χ2v) is 12.8. The molecule has 0 aliphatic carbocycles. The van der Waals surface area contributed by atoms with Crippen LogP contribution in [-0.4, -0.2) is 116 Å². The summed E-state index contributed by atoms with van der Waals surface area (Å²) in [4.78, 5) is 72.7. The van der Waals surface area contributed by atoms with Crippen LogP contribution >= 0.6 is 0 Å². The number of methoxy groups -OCH3 is 1. The first-order valence-corrected chi connectivity index (χ1v) is 17.3. The zero-order valence-corrected chi connectivity index (χ0v) is 31.2. The van der Waals surface area contributed by atoms with E-state index in [9.17, 15) is 34.1 Å². The number of nitrogens with one attached hydrogen (secondary N) is 1. The summed E-state index contributed by atoms with van der Waals surface area (Å²) in [5.74, 6) is -3.14. The highest BCUT2D eigenvalue weighted by Gasteiger charge is 2.58. The van der Waals surface area contributed by atoms with Crippen LogP contribution in [0.1, 0.15) is 46.5 Å². The number of esters is 4. The minimum atomic E-state index is -1.69. The van der Waals surface area contributed by atoms with E-state index in [1.165, 1.54) is 38.3 Å². The molecule has 3 aliphatic heterocycles. The van der Waals surface area contributed by atoms with Gasteiger partial charge in [-0.1, -0.05) is 12.1 Å². The monoisotopic (exact) mass is 790 g/mol. The van der Waals surface area contributed by atoms with Gasteiger partial charge in [-0.3, -0.25) is 34.1 Å². The number of carbonyl (C=O) groups excluding carboxylic acids is 5. The van der Waals surface area contributed by atoms with Crippen molar-refractivity contribution in [3.63, 3.8) is 0 Å². The predicted molar refractivity (Wildman–Crippen MR) is 183 cm³/mol. The van der Waals surface area contributed by atoms with Crippen LogP contribution in [0.5, 0.6) is 11.5 Å². The molecule has 1 N–H and O–H groups in total. The van der Waals surface area contributed by atoms with Crippen LogP contribution in [0, 0.1) is 10.1 Å². The Kier molecular flexibility index (Phi) is 13.8. The van der Waals surface area contributed by atoms with Crippen molar-refractivity contribution in [3.8, 4) is 11.5 Å².